The molecule has 0 fully saturated rings. The highest BCUT2D eigenvalue weighted by atomic mass is 35.5. The molecule has 0 saturated carbocycles. The predicted octanol–water partition coefficient (Wildman–Crippen LogP) is 7.14. The van der Waals surface area contributed by atoms with Gasteiger partial charge in [-0.05, 0) is 68.0 Å². The number of aromatic nitrogens is 5. The molecule has 1 unspecified atom stereocenters. The number of benzene rings is 2. The minimum absolute atomic E-state index is 0.0181. The fourth-order valence-corrected chi connectivity index (χ4v) is 7.74. The van der Waals surface area contributed by atoms with Gasteiger partial charge in [-0.2, -0.15) is 19.0 Å². The lowest BCUT2D eigenvalue weighted by molar-refractivity contribution is -0.123. The SMILES string of the molecule is C[C@@H]1c2c(C(F)F)nn(CC(=O)NC(Cc3cc(F)cc(F)c3)c3nc(C#CC(C)(C)O)ccc3-c3ccc(Cl)c4c(NS(C)(=O)=O)nn(C)c34)c2C(F)(F)[C@@H]1C. The van der Waals surface area contributed by atoms with Crippen molar-refractivity contribution in [1.29, 1.82) is 0 Å². The van der Waals surface area contributed by atoms with Crippen molar-refractivity contribution in [3.8, 4) is 23.0 Å². The zero-order valence-electron chi connectivity index (χ0n) is 31.2. The minimum atomic E-state index is -3.83. The quantitative estimate of drug-likeness (QED) is 0.100. The molecule has 0 bridgehead atoms. The van der Waals surface area contributed by atoms with Crippen LogP contribution in [0.15, 0.2) is 42.5 Å². The largest absolute Gasteiger partial charge is 0.378 e. The smallest absolute Gasteiger partial charge is 0.292 e. The molecular formula is C38H36ClF6N7O4S. The molecule has 302 valence electrons. The van der Waals surface area contributed by atoms with E-state index >= 15 is 8.78 Å². The summed E-state index contributed by atoms with van der Waals surface area (Å²) in [6.07, 6.45) is -2.63. The van der Waals surface area contributed by atoms with Crippen LogP contribution in [0.1, 0.15) is 80.0 Å². The van der Waals surface area contributed by atoms with Crippen LogP contribution in [0.2, 0.25) is 5.02 Å². The summed E-state index contributed by atoms with van der Waals surface area (Å²) in [6.45, 7) is 4.52. The molecule has 3 aromatic heterocycles. The van der Waals surface area contributed by atoms with E-state index < -0.39 is 81.3 Å². The molecule has 1 aliphatic rings. The van der Waals surface area contributed by atoms with Crippen LogP contribution in [0.5, 0.6) is 0 Å². The monoisotopic (exact) mass is 835 g/mol. The predicted molar refractivity (Wildman–Crippen MR) is 200 cm³/mol. The van der Waals surface area contributed by atoms with Crippen molar-refractivity contribution in [1.82, 2.24) is 29.9 Å². The van der Waals surface area contributed by atoms with Gasteiger partial charge >= 0.3 is 0 Å². The first kappa shape index (κ1) is 41.5. The molecule has 0 aliphatic heterocycles. The number of nitrogens with one attached hydrogen (secondary N) is 2. The van der Waals surface area contributed by atoms with Gasteiger partial charge in [0.25, 0.3) is 12.3 Å². The maximum Gasteiger partial charge on any atom is 0.292 e. The fraction of sp³-hybridized carbons (Fsp3) is 0.368. The van der Waals surface area contributed by atoms with E-state index in [4.69, 9.17) is 16.6 Å². The lowest BCUT2D eigenvalue weighted by atomic mass is 9.93. The van der Waals surface area contributed by atoms with Gasteiger partial charge in [-0.15, -0.1) is 0 Å². The van der Waals surface area contributed by atoms with E-state index in [-0.39, 0.29) is 50.7 Å². The van der Waals surface area contributed by atoms with Gasteiger partial charge in [-0.1, -0.05) is 37.4 Å². The number of carbonyl (C=O) groups excluding carboxylic acids is 1. The van der Waals surface area contributed by atoms with E-state index in [2.05, 4.69) is 32.1 Å². The normalized spacial score (nSPS) is 17.0. The topological polar surface area (TPSA) is 144 Å². The van der Waals surface area contributed by atoms with Gasteiger partial charge in [-0.25, -0.2) is 31.0 Å². The average Bonchev–Trinajstić information content (AvgIpc) is 3.68. The molecule has 0 radical (unpaired) electrons. The fourth-order valence-electron chi connectivity index (χ4n) is 7.00. The molecule has 57 heavy (non-hydrogen) atoms. The number of rotatable bonds is 10. The third-order valence-corrected chi connectivity index (χ3v) is 10.4. The van der Waals surface area contributed by atoms with Crippen molar-refractivity contribution in [2.45, 2.75) is 70.6 Å². The van der Waals surface area contributed by atoms with Gasteiger partial charge in [0, 0.05) is 35.7 Å². The number of hydrogen-bond donors (Lipinski definition) is 3. The summed E-state index contributed by atoms with van der Waals surface area (Å²) < 4.78 is 117. The Balaban J connectivity index is 1.54. The second-order valence-electron chi connectivity index (χ2n) is 14.5. The third-order valence-electron chi connectivity index (χ3n) is 9.57. The number of pyridine rings is 1. The Morgan fingerprint density at radius 2 is 1.70 bits per heavy atom. The summed E-state index contributed by atoms with van der Waals surface area (Å²) in [7, 11) is -2.31. The Morgan fingerprint density at radius 1 is 1.05 bits per heavy atom. The summed E-state index contributed by atoms with van der Waals surface area (Å²) in [6, 6.07) is 7.44. The van der Waals surface area contributed by atoms with E-state index in [1.807, 2.05) is 0 Å². The Morgan fingerprint density at radius 3 is 2.32 bits per heavy atom. The standard InChI is InChI=1S/C38H36ClF6N7O4S/c1-18-19(2)38(44,45)34-29(18)32(35(42)43)48-52(34)17-28(53)47-27(15-20-13-21(40)16-22(41)14-20)31-24(8-7-23(46-31)11-12-37(3,4)54)25-9-10-26(39)30-33(25)51(5)49-36(30)50-57(6,55)56/h7-10,13-14,16,18-19,27,35,54H,15,17H2,1-6H3,(H,47,53)(H,49,50)/t18-,19+,27?/m0/s1. The Bertz CT molecular complexity index is 2580. The number of sulfonamides is 1. The molecule has 3 atom stereocenters. The lowest BCUT2D eigenvalue weighted by Crippen LogP contribution is -2.35. The first-order valence-corrected chi connectivity index (χ1v) is 19.6. The highest BCUT2D eigenvalue weighted by molar-refractivity contribution is 7.92. The Kier molecular flexibility index (Phi) is 10.9. The summed E-state index contributed by atoms with van der Waals surface area (Å²) in [4.78, 5) is 18.7. The second kappa shape index (κ2) is 15.0. The molecule has 19 heteroatoms. The molecule has 0 saturated heterocycles. The van der Waals surface area contributed by atoms with Crippen molar-refractivity contribution in [3.05, 3.63) is 93.0 Å². The maximum atomic E-state index is 15.6. The van der Waals surface area contributed by atoms with E-state index in [1.165, 1.54) is 51.6 Å². The van der Waals surface area contributed by atoms with E-state index in [0.717, 1.165) is 18.4 Å². The van der Waals surface area contributed by atoms with E-state index in [0.29, 0.717) is 21.8 Å². The van der Waals surface area contributed by atoms with Crippen LogP contribution < -0.4 is 10.0 Å². The molecule has 1 aliphatic carbocycles. The van der Waals surface area contributed by atoms with Crippen LogP contribution in [-0.2, 0) is 40.8 Å². The minimum Gasteiger partial charge on any atom is -0.378 e. The van der Waals surface area contributed by atoms with E-state index in [9.17, 15) is 35.9 Å². The Labute approximate surface area is 328 Å². The van der Waals surface area contributed by atoms with Crippen molar-refractivity contribution in [2.75, 3.05) is 11.0 Å². The molecule has 3 heterocycles. The summed E-state index contributed by atoms with van der Waals surface area (Å²) in [5.74, 6) is -3.55. The van der Waals surface area contributed by atoms with Crippen LogP contribution in [-0.4, -0.2) is 55.8 Å². The molecule has 1 amide bonds. The summed E-state index contributed by atoms with van der Waals surface area (Å²) >= 11 is 6.58. The van der Waals surface area contributed by atoms with Gasteiger partial charge in [0.1, 0.15) is 40.9 Å². The molecule has 0 spiro atoms. The van der Waals surface area contributed by atoms with Gasteiger partial charge in [0.05, 0.1) is 33.9 Å². The zero-order valence-corrected chi connectivity index (χ0v) is 32.8. The number of anilines is 1. The van der Waals surface area contributed by atoms with Gasteiger partial charge in [0.2, 0.25) is 15.9 Å². The van der Waals surface area contributed by atoms with Crippen LogP contribution >= 0.6 is 11.6 Å². The number of amides is 1. The van der Waals surface area contributed by atoms with Crippen molar-refractivity contribution in [3.63, 3.8) is 0 Å². The molecular weight excluding hydrogens is 800 g/mol. The van der Waals surface area contributed by atoms with Crippen LogP contribution in [0, 0.1) is 29.4 Å². The number of alkyl halides is 4. The molecule has 2 aromatic carbocycles. The highest BCUT2D eigenvalue weighted by Crippen LogP contribution is 2.54. The zero-order chi connectivity index (χ0) is 41.9. The number of carbonyl (C=O) groups is 1. The molecule has 6 rings (SSSR count). The summed E-state index contributed by atoms with van der Waals surface area (Å²) in [5, 5.41) is 21.4. The number of hydrogen-bond acceptors (Lipinski definition) is 7. The highest BCUT2D eigenvalue weighted by Gasteiger charge is 2.55. The van der Waals surface area contributed by atoms with Crippen LogP contribution in [0.25, 0.3) is 22.0 Å². The van der Waals surface area contributed by atoms with E-state index in [1.54, 1.807) is 12.1 Å². The third kappa shape index (κ3) is 8.46. The number of halogens is 7. The summed E-state index contributed by atoms with van der Waals surface area (Å²) in [5.41, 5.74) is -2.45. The second-order valence-corrected chi connectivity index (χ2v) is 16.7. The molecule has 3 N–H and O–H groups in total. The maximum absolute atomic E-state index is 15.6. The number of aliphatic hydroxyl groups is 1. The van der Waals surface area contributed by atoms with Crippen LogP contribution in [0.4, 0.5) is 32.2 Å². The van der Waals surface area contributed by atoms with Crippen molar-refractivity contribution >= 4 is 44.3 Å². The molecule has 11 nitrogen and oxygen atoms in total. The lowest BCUT2D eigenvalue weighted by Gasteiger charge is -2.23. The number of aryl methyl sites for hydroxylation is 1. The van der Waals surface area contributed by atoms with Crippen molar-refractivity contribution < 1.29 is 44.7 Å². The van der Waals surface area contributed by atoms with Crippen LogP contribution in [0.3, 0.4) is 0 Å². The number of nitrogens with zero attached hydrogens (tertiary/aromatic N) is 5. The van der Waals surface area contributed by atoms with Crippen molar-refractivity contribution in [2.24, 2.45) is 13.0 Å². The Hall–Kier alpha value is -5.12. The molecule has 5 aromatic rings. The van der Waals surface area contributed by atoms with Gasteiger partial charge in [-0.3, -0.25) is 18.9 Å². The van der Waals surface area contributed by atoms with Gasteiger partial charge in [0.15, 0.2) is 5.82 Å². The van der Waals surface area contributed by atoms with Gasteiger partial charge < -0.3 is 10.4 Å². The average molecular weight is 836 g/mol. The first-order valence-electron chi connectivity index (χ1n) is 17.4. The number of fused-ring (bicyclic) bond motifs is 2. The first-order chi connectivity index (χ1) is 26.4.